The first-order valence-corrected chi connectivity index (χ1v) is 6.92. The summed E-state index contributed by atoms with van der Waals surface area (Å²) < 4.78 is 0.915. The smallest absolute Gasteiger partial charge is 0.0992 e. The molecule has 0 amide bonds. The zero-order chi connectivity index (χ0) is 12.3. The monoisotopic (exact) mass is 306 g/mol. The van der Waals surface area contributed by atoms with Gasteiger partial charge in [-0.05, 0) is 63.4 Å². The summed E-state index contributed by atoms with van der Waals surface area (Å²) in [6, 6.07) is 10.0. The average Bonchev–Trinajstić information content (AvgIpc) is 2.85. The van der Waals surface area contributed by atoms with Gasteiger partial charge in [-0.1, -0.05) is 0 Å². The summed E-state index contributed by atoms with van der Waals surface area (Å²) >= 11 is 5.16. The number of hydrogen-bond donors (Lipinski definition) is 1. The Morgan fingerprint density at radius 3 is 2.82 bits per heavy atom. The molecule has 0 fully saturated rings. The van der Waals surface area contributed by atoms with Crippen LogP contribution in [0.3, 0.4) is 0 Å². The van der Waals surface area contributed by atoms with Gasteiger partial charge in [0.25, 0.3) is 0 Å². The van der Waals surface area contributed by atoms with Gasteiger partial charge in [-0.3, -0.25) is 0 Å². The first-order valence-electron chi connectivity index (χ1n) is 5.19. The quantitative estimate of drug-likeness (QED) is 0.902. The van der Waals surface area contributed by atoms with E-state index in [1.807, 2.05) is 18.2 Å². The fraction of sp³-hybridized carbons (Fsp3) is 0.154. The summed E-state index contributed by atoms with van der Waals surface area (Å²) in [5.74, 6) is 0. The molecular formula is C13H11BrN2S. The third-order valence-electron chi connectivity index (χ3n) is 2.51. The zero-order valence-electron chi connectivity index (χ0n) is 9.27. The molecule has 0 bridgehead atoms. The lowest BCUT2D eigenvalue weighted by molar-refractivity contribution is 0.889. The van der Waals surface area contributed by atoms with Gasteiger partial charge in [-0.15, -0.1) is 0 Å². The number of halogens is 1. The van der Waals surface area contributed by atoms with Crippen LogP contribution in [-0.2, 0) is 0 Å². The van der Waals surface area contributed by atoms with Crippen LogP contribution in [-0.4, -0.2) is 0 Å². The topological polar surface area (TPSA) is 35.8 Å². The van der Waals surface area contributed by atoms with Crippen LogP contribution in [0.4, 0.5) is 5.69 Å². The molecule has 1 unspecified atom stereocenters. The van der Waals surface area contributed by atoms with Crippen molar-refractivity contribution in [2.45, 2.75) is 13.0 Å². The highest BCUT2D eigenvalue weighted by Gasteiger charge is 2.08. The average molecular weight is 307 g/mol. The molecule has 0 aliphatic heterocycles. The van der Waals surface area contributed by atoms with Gasteiger partial charge >= 0.3 is 0 Å². The first-order chi connectivity index (χ1) is 8.20. The Morgan fingerprint density at radius 1 is 1.41 bits per heavy atom. The lowest BCUT2D eigenvalue weighted by Gasteiger charge is -2.15. The molecule has 2 nitrogen and oxygen atoms in total. The van der Waals surface area contributed by atoms with Crippen LogP contribution in [0.5, 0.6) is 0 Å². The van der Waals surface area contributed by atoms with Gasteiger partial charge in [0.05, 0.1) is 11.6 Å². The zero-order valence-corrected chi connectivity index (χ0v) is 11.7. The van der Waals surface area contributed by atoms with E-state index in [9.17, 15) is 0 Å². The molecule has 2 aromatic rings. The first kappa shape index (κ1) is 12.2. The molecule has 1 heterocycles. The van der Waals surface area contributed by atoms with Crippen LogP contribution in [0.2, 0.25) is 0 Å². The maximum atomic E-state index is 8.80. The Balaban J connectivity index is 2.17. The number of thiophene rings is 1. The van der Waals surface area contributed by atoms with Crippen LogP contribution in [0.25, 0.3) is 0 Å². The van der Waals surface area contributed by atoms with Gasteiger partial charge in [0.1, 0.15) is 0 Å². The van der Waals surface area contributed by atoms with E-state index in [2.05, 4.69) is 51.1 Å². The summed E-state index contributed by atoms with van der Waals surface area (Å²) in [5, 5.41) is 16.4. The molecule has 0 spiro atoms. The number of nitrogens with zero attached hydrogens (tertiary/aromatic N) is 1. The van der Waals surface area contributed by atoms with Crippen molar-refractivity contribution in [3.8, 4) is 6.07 Å². The normalized spacial score (nSPS) is 11.8. The fourth-order valence-corrected chi connectivity index (χ4v) is 2.79. The second kappa shape index (κ2) is 5.35. The van der Waals surface area contributed by atoms with Crippen LogP contribution in [0.15, 0.2) is 39.5 Å². The summed E-state index contributed by atoms with van der Waals surface area (Å²) in [4.78, 5) is 0. The maximum Gasteiger partial charge on any atom is 0.0992 e. The highest BCUT2D eigenvalue weighted by atomic mass is 79.9. The van der Waals surface area contributed by atoms with Crippen LogP contribution >= 0.6 is 27.3 Å². The molecular weight excluding hydrogens is 296 g/mol. The minimum atomic E-state index is 0.255. The van der Waals surface area contributed by atoms with Crippen molar-refractivity contribution in [2.75, 3.05) is 5.32 Å². The van der Waals surface area contributed by atoms with Crippen LogP contribution in [0, 0.1) is 11.3 Å². The highest BCUT2D eigenvalue weighted by Crippen LogP contribution is 2.28. The summed E-state index contributed by atoms with van der Waals surface area (Å²) in [6.45, 7) is 2.12. The Labute approximate surface area is 113 Å². The van der Waals surface area contributed by atoms with E-state index in [0.717, 1.165) is 10.2 Å². The molecule has 1 aromatic heterocycles. The van der Waals surface area contributed by atoms with E-state index in [4.69, 9.17) is 5.26 Å². The summed E-state index contributed by atoms with van der Waals surface area (Å²) in [5.41, 5.74) is 2.93. The maximum absolute atomic E-state index is 8.80. The van der Waals surface area contributed by atoms with E-state index in [1.54, 1.807) is 11.3 Å². The van der Waals surface area contributed by atoms with Crippen molar-refractivity contribution in [3.05, 3.63) is 50.6 Å². The Kier molecular flexibility index (Phi) is 3.82. The molecule has 2 rings (SSSR count). The van der Waals surface area contributed by atoms with Crippen molar-refractivity contribution in [1.82, 2.24) is 0 Å². The van der Waals surface area contributed by atoms with Gasteiger partial charge in [0.15, 0.2) is 0 Å². The molecule has 0 saturated heterocycles. The van der Waals surface area contributed by atoms with Gasteiger partial charge in [0.2, 0.25) is 0 Å². The van der Waals surface area contributed by atoms with Gasteiger partial charge in [0, 0.05) is 16.2 Å². The largest absolute Gasteiger partial charge is 0.378 e. The molecule has 1 atom stereocenters. The van der Waals surface area contributed by atoms with Gasteiger partial charge in [-0.25, -0.2) is 0 Å². The molecule has 0 aliphatic rings. The van der Waals surface area contributed by atoms with Gasteiger partial charge in [-0.2, -0.15) is 16.6 Å². The van der Waals surface area contributed by atoms with E-state index in [1.165, 1.54) is 5.56 Å². The van der Waals surface area contributed by atoms with E-state index in [0.29, 0.717) is 5.56 Å². The minimum absolute atomic E-state index is 0.255. The number of rotatable bonds is 3. The van der Waals surface area contributed by atoms with Crippen molar-refractivity contribution in [2.24, 2.45) is 0 Å². The lowest BCUT2D eigenvalue weighted by Crippen LogP contribution is -2.05. The van der Waals surface area contributed by atoms with E-state index in [-0.39, 0.29) is 6.04 Å². The van der Waals surface area contributed by atoms with Crippen molar-refractivity contribution < 1.29 is 0 Å². The highest BCUT2D eigenvalue weighted by molar-refractivity contribution is 9.10. The molecule has 86 valence electrons. The van der Waals surface area contributed by atoms with Crippen molar-refractivity contribution in [3.63, 3.8) is 0 Å². The van der Waals surface area contributed by atoms with Crippen molar-refractivity contribution >= 4 is 33.0 Å². The second-order valence-electron chi connectivity index (χ2n) is 3.73. The third-order valence-corrected chi connectivity index (χ3v) is 3.87. The predicted octanol–water partition coefficient (Wildman–Crippen LogP) is 4.56. The van der Waals surface area contributed by atoms with Crippen molar-refractivity contribution in [1.29, 1.82) is 5.26 Å². The fourth-order valence-electron chi connectivity index (χ4n) is 1.54. The molecule has 0 aliphatic carbocycles. The third kappa shape index (κ3) is 2.87. The number of nitrogens with one attached hydrogen (secondary N) is 1. The standard InChI is InChI=1S/C13H11BrN2S/c1-9(11-4-5-17-8-11)16-13-3-2-10(7-15)6-12(13)14/h2-6,8-9,16H,1H3. The Hall–Kier alpha value is -1.31. The second-order valence-corrected chi connectivity index (χ2v) is 5.36. The van der Waals surface area contributed by atoms with Gasteiger partial charge < -0.3 is 5.32 Å². The molecule has 1 aromatic carbocycles. The molecule has 0 radical (unpaired) electrons. The number of benzene rings is 1. The summed E-state index contributed by atoms with van der Waals surface area (Å²) in [7, 11) is 0. The molecule has 4 heteroatoms. The Morgan fingerprint density at radius 2 is 2.24 bits per heavy atom. The Bertz CT molecular complexity index is 543. The van der Waals surface area contributed by atoms with Crippen LogP contribution in [0.1, 0.15) is 24.1 Å². The van der Waals surface area contributed by atoms with E-state index < -0.39 is 0 Å². The molecule has 17 heavy (non-hydrogen) atoms. The minimum Gasteiger partial charge on any atom is -0.378 e. The molecule has 1 N–H and O–H groups in total. The number of nitriles is 1. The number of anilines is 1. The van der Waals surface area contributed by atoms with Crippen LogP contribution < -0.4 is 5.32 Å². The SMILES string of the molecule is CC(Nc1ccc(C#N)cc1Br)c1ccsc1. The predicted molar refractivity (Wildman–Crippen MR) is 75.2 cm³/mol. The van der Waals surface area contributed by atoms with E-state index >= 15 is 0 Å². The molecule has 0 saturated carbocycles. The number of hydrogen-bond acceptors (Lipinski definition) is 3. The summed E-state index contributed by atoms with van der Waals surface area (Å²) in [6.07, 6.45) is 0. The lowest BCUT2D eigenvalue weighted by atomic mass is 10.1.